The van der Waals surface area contributed by atoms with Gasteiger partial charge >= 0.3 is 5.97 Å². The molecule has 0 atom stereocenters. The maximum Gasteiger partial charge on any atom is 0.330 e. The number of ether oxygens (including phenoxy) is 1. The van der Waals surface area contributed by atoms with E-state index in [1.807, 2.05) is 43.3 Å². The van der Waals surface area contributed by atoms with Crippen molar-refractivity contribution in [2.75, 3.05) is 12.4 Å². The van der Waals surface area contributed by atoms with Gasteiger partial charge in [0.2, 0.25) is 0 Å². The van der Waals surface area contributed by atoms with Crippen LogP contribution in [0.1, 0.15) is 25.0 Å². The Labute approximate surface area is 181 Å². The Balaban J connectivity index is 2.45. The van der Waals surface area contributed by atoms with E-state index in [4.69, 9.17) is 10.3 Å². The van der Waals surface area contributed by atoms with Crippen molar-refractivity contribution in [1.29, 1.82) is 5.26 Å². The largest absolute Gasteiger partial charge is 0.463 e. The van der Waals surface area contributed by atoms with Gasteiger partial charge in [-0.25, -0.2) is 4.79 Å². The van der Waals surface area contributed by atoms with E-state index in [0.29, 0.717) is 16.6 Å². The lowest BCUT2D eigenvalue weighted by atomic mass is 10.1. The molecule has 0 fully saturated rings. The zero-order chi connectivity index (χ0) is 22.4. The Morgan fingerprint density at radius 3 is 2.74 bits per heavy atom. The van der Waals surface area contributed by atoms with Gasteiger partial charge in [-0.3, -0.25) is 9.36 Å². The minimum absolute atomic E-state index is 0.0415. The summed E-state index contributed by atoms with van der Waals surface area (Å²) < 4.78 is 7.59. The summed E-state index contributed by atoms with van der Waals surface area (Å²) in [5.41, 5.74) is 8.93. The standard InChI is InChI=1S/C20H17N7O3S/c1-3-30-16(28)11-10-14-17(23-25-22)15(12-21)18-26(13-8-6-5-7-9-13)20(31-4-2)24-27(18)19(14)29/h5-11H,3-4H2,1-2H3/b11-10+. The van der Waals surface area contributed by atoms with Crippen molar-refractivity contribution < 1.29 is 9.53 Å². The first-order valence-electron chi connectivity index (χ1n) is 9.27. The molecule has 10 nitrogen and oxygen atoms in total. The lowest BCUT2D eigenvalue weighted by molar-refractivity contribution is -0.137. The zero-order valence-corrected chi connectivity index (χ0v) is 17.5. The van der Waals surface area contributed by atoms with Crippen LogP contribution in [0.25, 0.3) is 27.9 Å². The number of aromatic nitrogens is 3. The molecule has 2 heterocycles. The number of hydrogen-bond donors (Lipinski definition) is 0. The monoisotopic (exact) mass is 435 g/mol. The van der Waals surface area contributed by atoms with E-state index >= 15 is 0 Å². The second-order valence-corrected chi connectivity index (χ2v) is 7.18. The summed E-state index contributed by atoms with van der Waals surface area (Å²) in [5.74, 6) is 0.000419. The summed E-state index contributed by atoms with van der Waals surface area (Å²) in [4.78, 5) is 27.8. The van der Waals surface area contributed by atoms with Gasteiger partial charge in [0.05, 0.1) is 17.9 Å². The van der Waals surface area contributed by atoms with E-state index in [0.717, 1.165) is 10.6 Å². The van der Waals surface area contributed by atoms with Crippen LogP contribution in [0.4, 0.5) is 5.69 Å². The van der Waals surface area contributed by atoms with Gasteiger partial charge in [0.1, 0.15) is 11.6 Å². The predicted octanol–water partition coefficient (Wildman–Crippen LogP) is 3.99. The van der Waals surface area contributed by atoms with Crippen LogP contribution in [-0.2, 0) is 9.53 Å². The third-order valence-electron chi connectivity index (χ3n) is 4.14. The summed E-state index contributed by atoms with van der Waals surface area (Å²) >= 11 is 1.39. The van der Waals surface area contributed by atoms with Crippen LogP contribution in [0.15, 0.2) is 51.5 Å². The number of pyridine rings is 1. The number of carbonyl (C=O) groups is 1. The Kier molecular flexibility index (Phi) is 6.77. The first-order valence-corrected chi connectivity index (χ1v) is 10.3. The number of nitrogens with zero attached hydrogens (tertiary/aromatic N) is 7. The van der Waals surface area contributed by atoms with E-state index in [1.54, 1.807) is 11.5 Å². The third-order valence-corrected chi connectivity index (χ3v) is 4.96. The number of rotatable bonds is 7. The molecular formula is C20H17N7O3S. The van der Waals surface area contributed by atoms with Crippen LogP contribution < -0.4 is 5.56 Å². The number of carbonyl (C=O) groups excluding carboxylic acids is 1. The van der Waals surface area contributed by atoms with Crippen molar-refractivity contribution in [2.45, 2.75) is 19.0 Å². The maximum atomic E-state index is 13.2. The SMILES string of the molecule is CCOC(=O)/C=C/c1c(N=[N+]=[N-])c(C#N)c2n(-c3ccccc3)c(SCC)nn2c1=O. The molecule has 0 aliphatic carbocycles. The third kappa shape index (κ3) is 4.16. The van der Waals surface area contributed by atoms with Gasteiger partial charge in [0, 0.05) is 16.7 Å². The lowest BCUT2D eigenvalue weighted by Crippen LogP contribution is -2.19. The highest BCUT2D eigenvalue weighted by atomic mass is 32.2. The van der Waals surface area contributed by atoms with Crippen molar-refractivity contribution in [3.8, 4) is 11.8 Å². The van der Waals surface area contributed by atoms with Gasteiger partial charge in [-0.1, -0.05) is 42.0 Å². The average Bonchev–Trinajstić information content (AvgIpc) is 3.14. The summed E-state index contributed by atoms with van der Waals surface area (Å²) in [6.07, 6.45) is 2.21. The molecule has 0 aliphatic heterocycles. The second kappa shape index (κ2) is 9.67. The molecule has 0 N–H and O–H groups in total. The van der Waals surface area contributed by atoms with Crippen molar-refractivity contribution in [1.82, 2.24) is 14.2 Å². The minimum Gasteiger partial charge on any atom is -0.463 e. The Morgan fingerprint density at radius 2 is 2.13 bits per heavy atom. The van der Waals surface area contributed by atoms with Crippen LogP contribution in [0.2, 0.25) is 0 Å². The highest BCUT2D eigenvalue weighted by Gasteiger charge is 2.23. The first kappa shape index (κ1) is 21.7. The summed E-state index contributed by atoms with van der Waals surface area (Å²) in [5, 5.41) is 18.4. The molecule has 31 heavy (non-hydrogen) atoms. The molecule has 0 amide bonds. The average molecular weight is 435 g/mol. The Bertz CT molecular complexity index is 1310. The van der Waals surface area contributed by atoms with Gasteiger partial charge in [-0.15, -0.1) is 5.10 Å². The molecule has 1 aromatic carbocycles. The molecule has 3 rings (SSSR count). The van der Waals surface area contributed by atoms with Gasteiger partial charge in [0.15, 0.2) is 10.8 Å². The number of thioether (sulfide) groups is 1. The van der Waals surface area contributed by atoms with E-state index < -0.39 is 11.5 Å². The lowest BCUT2D eigenvalue weighted by Gasteiger charge is -2.10. The number of esters is 1. The molecule has 0 bridgehead atoms. The number of hydrogen-bond acceptors (Lipinski definition) is 7. The quantitative estimate of drug-likeness (QED) is 0.137. The van der Waals surface area contributed by atoms with E-state index in [1.165, 1.54) is 17.8 Å². The molecule has 0 radical (unpaired) electrons. The fourth-order valence-electron chi connectivity index (χ4n) is 2.95. The molecular weight excluding hydrogens is 418 g/mol. The number of nitriles is 1. The fourth-order valence-corrected chi connectivity index (χ4v) is 3.67. The first-order chi connectivity index (χ1) is 15.1. The number of para-hydroxylation sites is 1. The predicted molar refractivity (Wildman–Crippen MR) is 116 cm³/mol. The second-order valence-electron chi connectivity index (χ2n) is 5.95. The van der Waals surface area contributed by atoms with Crippen molar-refractivity contribution in [2.24, 2.45) is 5.11 Å². The highest BCUT2D eigenvalue weighted by molar-refractivity contribution is 7.99. The molecule has 2 aromatic heterocycles. The molecule has 11 heteroatoms. The Morgan fingerprint density at radius 1 is 1.39 bits per heavy atom. The fraction of sp³-hybridized carbons (Fsp3) is 0.200. The van der Waals surface area contributed by atoms with Gasteiger partial charge < -0.3 is 4.74 Å². The Hall–Kier alpha value is -4.00. The molecule has 156 valence electrons. The summed E-state index contributed by atoms with van der Waals surface area (Å²) in [6.45, 7) is 3.74. The van der Waals surface area contributed by atoms with Gasteiger partial charge in [-0.05, 0) is 36.4 Å². The minimum atomic E-state index is -0.672. The van der Waals surface area contributed by atoms with E-state index in [-0.39, 0.29) is 29.1 Å². The van der Waals surface area contributed by atoms with Crippen LogP contribution in [0, 0.1) is 11.3 Å². The smallest absolute Gasteiger partial charge is 0.330 e. The van der Waals surface area contributed by atoms with Crippen molar-refractivity contribution >= 4 is 35.1 Å². The number of benzene rings is 1. The molecule has 3 aromatic rings. The number of fused-ring (bicyclic) bond motifs is 1. The van der Waals surface area contributed by atoms with E-state index in [2.05, 4.69) is 15.1 Å². The molecule has 0 unspecified atom stereocenters. The van der Waals surface area contributed by atoms with Crippen LogP contribution in [-0.4, -0.2) is 32.5 Å². The van der Waals surface area contributed by atoms with Gasteiger partial charge in [-0.2, -0.15) is 9.78 Å². The maximum absolute atomic E-state index is 13.2. The molecule has 0 spiro atoms. The van der Waals surface area contributed by atoms with Crippen LogP contribution in [0.3, 0.4) is 0 Å². The zero-order valence-electron chi connectivity index (χ0n) is 16.7. The topological polar surface area (TPSA) is 138 Å². The van der Waals surface area contributed by atoms with Crippen molar-refractivity contribution in [3.63, 3.8) is 0 Å². The summed E-state index contributed by atoms with van der Waals surface area (Å²) in [7, 11) is 0. The van der Waals surface area contributed by atoms with Crippen LogP contribution in [0.5, 0.6) is 0 Å². The molecule has 0 saturated carbocycles. The summed E-state index contributed by atoms with van der Waals surface area (Å²) in [6, 6.07) is 11.1. The molecule has 0 aliphatic rings. The van der Waals surface area contributed by atoms with E-state index in [9.17, 15) is 14.9 Å². The van der Waals surface area contributed by atoms with Crippen molar-refractivity contribution in [3.05, 3.63) is 68.3 Å². The normalized spacial score (nSPS) is 10.7. The number of azide groups is 1. The van der Waals surface area contributed by atoms with Gasteiger partial charge in [0.25, 0.3) is 5.56 Å². The highest BCUT2D eigenvalue weighted by Crippen LogP contribution is 2.31. The molecule has 0 saturated heterocycles. The van der Waals surface area contributed by atoms with Crippen LogP contribution >= 0.6 is 11.8 Å².